The Hall–Kier alpha value is -0.0800. The summed E-state index contributed by atoms with van der Waals surface area (Å²) in [5.41, 5.74) is 0.651. The second kappa shape index (κ2) is 2.76. The summed E-state index contributed by atoms with van der Waals surface area (Å²) >= 11 is 0. The van der Waals surface area contributed by atoms with Crippen LogP contribution in [0.2, 0.25) is 0 Å². The number of piperidine rings is 1. The number of rotatable bonds is 1. The summed E-state index contributed by atoms with van der Waals surface area (Å²) in [5.74, 6) is 0. The molecule has 0 bridgehead atoms. The zero-order chi connectivity index (χ0) is 7.73. The molecule has 0 aromatic heterocycles. The van der Waals surface area contributed by atoms with Crippen molar-refractivity contribution >= 4 is 0 Å². The summed E-state index contributed by atoms with van der Waals surface area (Å²) in [4.78, 5) is 0. The molecule has 0 aromatic rings. The van der Waals surface area contributed by atoms with E-state index in [1.807, 2.05) is 0 Å². The van der Waals surface area contributed by atoms with Gasteiger partial charge < -0.3 is 10.4 Å². The molecule has 1 saturated heterocycles. The van der Waals surface area contributed by atoms with Crippen LogP contribution in [0.3, 0.4) is 0 Å². The van der Waals surface area contributed by atoms with Crippen LogP contribution in [0.5, 0.6) is 0 Å². The number of nitrogens with one attached hydrogen (secondary N) is 1. The molecule has 11 heavy (non-hydrogen) atoms. The molecule has 1 saturated carbocycles. The third-order valence-electron chi connectivity index (χ3n) is 3.40. The first-order chi connectivity index (χ1) is 5.35. The maximum Gasteiger partial charge on any atom is 0.0584 e. The van der Waals surface area contributed by atoms with Crippen LogP contribution < -0.4 is 5.32 Å². The summed E-state index contributed by atoms with van der Waals surface area (Å²) < 4.78 is 0. The van der Waals surface area contributed by atoms with Crippen LogP contribution >= 0.6 is 0 Å². The van der Waals surface area contributed by atoms with E-state index in [-0.39, 0.29) is 0 Å². The molecule has 1 spiro atoms. The maximum atomic E-state index is 8.98. The number of hydrogen-bond donors (Lipinski definition) is 2. The van der Waals surface area contributed by atoms with Crippen LogP contribution in [0.15, 0.2) is 0 Å². The highest BCUT2D eigenvalue weighted by molar-refractivity contribution is 4.94. The Bertz CT molecular complexity index is 142. The number of aliphatic hydroxyl groups is 1. The minimum Gasteiger partial charge on any atom is -0.395 e. The Balaban J connectivity index is 1.92. The van der Waals surface area contributed by atoms with E-state index >= 15 is 0 Å². The summed E-state index contributed by atoms with van der Waals surface area (Å²) in [6.45, 7) is 1.44. The lowest BCUT2D eigenvalue weighted by Gasteiger charge is -2.47. The topological polar surface area (TPSA) is 32.3 Å². The first-order valence-corrected chi connectivity index (χ1v) is 4.69. The second-order valence-electron chi connectivity index (χ2n) is 4.14. The third-order valence-corrected chi connectivity index (χ3v) is 3.40. The van der Waals surface area contributed by atoms with Crippen LogP contribution in [0.25, 0.3) is 0 Å². The highest BCUT2D eigenvalue weighted by atomic mass is 16.3. The summed E-state index contributed by atoms with van der Waals surface area (Å²) in [6.07, 6.45) is 6.78. The first-order valence-electron chi connectivity index (χ1n) is 4.69. The largest absolute Gasteiger partial charge is 0.395 e. The standard InChI is InChI=1S/C9H17NO/c11-7-8-6-9(2-1-3-9)4-5-10-8/h8,10-11H,1-7H2. The zero-order valence-electron chi connectivity index (χ0n) is 6.97. The molecule has 1 aliphatic heterocycles. The summed E-state index contributed by atoms with van der Waals surface area (Å²) in [7, 11) is 0. The van der Waals surface area contributed by atoms with Gasteiger partial charge in [0.05, 0.1) is 6.61 Å². The molecule has 64 valence electrons. The SMILES string of the molecule is OCC1CC2(CCC2)CCN1. The molecular weight excluding hydrogens is 138 g/mol. The van der Waals surface area contributed by atoms with Crippen molar-refractivity contribution in [2.45, 2.75) is 38.1 Å². The fourth-order valence-electron chi connectivity index (χ4n) is 2.50. The normalized spacial score (nSPS) is 35.2. The molecule has 1 atom stereocenters. The summed E-state index contributed by atoms with van der Waals surface area (Å²) in [6, 6.07) is 0.393. The zero-order valence-corrected chi connectivity index (χ0v) is 6.97. The van der Waals surface area contributed by atoms with Gasteiger partial charge in [0.1, 0.15) is 0 Å². The van der Waals surface area contributed by atoms with Crippen LogP contribution in [-0.4, -0.2) is 24.3 Å². The van der Waals surface area contributed by atoms with E-state index in [1.54, 1.807) is 0 Å². The van der Waals surface area contributed by atoms with Crippen LogP contribution in [0.1, 0.15) is 32.1 Å². The van der Waals surface area contributed by atoms with E-state index in [0.717, 1.165) is 6.54 Å². The molecule has 0 amide bonds. The minimum absolute atomic E-state index is 0.321. The van der Waals surface area contributed by atoms with E-state index in [4.69, 9.17) is 5.11 Å². The molecule has 0 radical (unpaired) electrons. The Labute approximate surface area is 68.0 Å². The molecule has 1 unspecified atom stereocenters. The number of hydrogen-bond acceptors (Lipinski definition) is 2. The van der Waals surface area contributed by atoms with Gasteiger partial charge in [0, 0.05) is 6.04 Å². The van der Waals surface area contributed by atoms with E-state index in [9.17, 15) is 0 Å². The van der Waals surface area contributed by atoms with Gasteiger partial charge in [-0.3, -0.25) is 0 Å². The van der Waals surface area contributed by atoms with Crippen molar-refractivity contribution in [3.63, 3.8) is 0 Å². The minimum atomic E-state index is 0.321. The lowest BCUT2D eigenvalue weighted by Crippen LogP contribution is -2.48. The van der Waals surface area contributed by atoms with Gasteiger partial charge in [-0.1, -0.05) is 6.42 Å². The number of aliphatic hydroxyl groups excluding tert-OH is 1. The third kappa shape index (κ3) is 1.30. The Morgan fingerprint density at radius 2 is 2.18 bits per heavy atom. The van der Waals surface area contributed by atoms with Crippen molar-refractivity contribution in [2.75, 3.05) is 13.2 Å². The van der Waals surface area contributed by atoms with Gasteiger partial charge in [-0.05, 0) is 37.6 Å². The van der Waals surface area contributed by atoms with Gasteiger partial charge in [0.25, 0.3) is 0 Å². The highest BCUT2D eigenvalue weighted by Gasteiger charge is 2.40. The second-order valence-corrected chi connectivity index (χ2v) is 4.14. The molecule has 2 aliphatic rings. The van der Waals surface area contributed by atoms with Crippen molar-refractivity contribution in [1.29, 1.82) is 0 Å². The van der Waals surface area contributed by atoms with Gasteiger partial charge in [0.15, 0.2) is 0 Å². The molecule has 0 aromatic carbocycles. The lowest BCUT2D eigenvalue weighted by molar-refractivity contribution is 0.0471. The van der Waals surface area contributed by atoms with Crippen molar-refractivity contribution in [2.24, 2.45) is 5.41 Å². The predicted octanol–water partition coefficient (Wildman–Crippen LogP) is 0.901. The van der Waals surface area contributed by atoms with E-state index in [0.29, 0.717) is 18.1 Å². The Morgan fingerprint density at radius 1 is 1.36 bits per heavy atom. The molecule has 2 heteroatoms. The van der Waals surface area contributed by atoms with Crippen molar-refractivity contribution in [3.8, 4) is 0 Å². The van der Waals surface area contributed by atoms with Crippen LogP contribution in [0.4, 0.5) is 0 Å². The fourth-order valence-corrected chi connectivity index (χ4v) is 2.50. The molecule has 2 nitrogen and oxygen atoms in total. The van der Waals surface area contributed by atoms with Gasteiger partial charge >= 0.3 is 0 Å². The van der Waals surface area contributed by atoms with Crippen molar-refractivity contribution in [3.05, 3.63) is 0 Å². The predicted molar refractivity (Wildman–Crippen MR) is 44.4 cm³/mol. The molecule has 1 aliphatic carbocycles. The average molecular weight is 155 g/mol. The van der Waals surface area contributed by atoms with Crippen molar-refractivity contribution in [1.82, 2.24) is 5.32 Å². The molecule has 2 rings (SSSR count). The average Bonchev–Trinajstić information content (AvgIpc) is 2.02. The molecule has 2 N–H and O–H groups in total. The van der Waals surface area contributed by atoms with Crippen LogP contribution in [-0.2, 0) is 0 Å². The highest BCUT2D eigenvalue weighted by Crippen LogP contribution is 2.48. The fraction of sp³-hybridized carbons (Fsp3) is 1.00. The van der Waals surface area contributed by atoms with Gasteiger partial charge in [-0.25, -0.2) is 0 Å². The Morgan fingerprint density at radius 3 is 2.73 bits per heavy atom. The summed E-state index contributed by atoms with van der Waals surface area (Å²) in [5, 5.41) is 12.3. The maximum absolute atomic E-state index is 8.98. The molecular formula is C9H17NO. The lowest BCUT2D eigenvalue weighted by atomic mass is 9.62. The van der Waals surface area contributed by atoms with Gasteiger partial charge in [0.2, 0.25) is 0 Å². The smallest absolute Gasteiger partial charge is 0.0584 e. The molecule has 1 heterocycles. The Kier molecular flexibility index (Phi) is 1.90. The van der Waals surface area contributed by atoms with E-state index in [1.165, 1.54) is 32.1 Å². The first kappa shape index (κ1) is 7.56. The van der Waals surface area contributed by atoms with Crippen molar-refractivity contribution < 1.29 is 5.11 Å². The van der Waals surface area contributed by atoms with Crippen LogP contribution in [0, 0.1) is 5.41 Å². The van der Waals surface area contributed by atoms with E-state index in [2.05, 4.69) is 5.32 Å². The van der Waals surface area contributed by atoms with E-state index < -0.39 is 0 Å². The van der Waals surface area contributed by atoms with Gasteiger partial charge in [-0.15, -0.1) is 0 Å². The monoisotopic (exact) mass is 155 g/mol. The van der Waals surface area contributed by atoms with Gasteiger partial charge in [-0.2, -0.15) is 0 Å². The quantitative estimate of drug-likeness (QED) is 0.589. The molecule has 2 fully saturated rings.